The number of carbonyl (C=O) groups excluding carboxylic acids is 1. The smallest absolute Gasteiger partial charge is 0.263 e. The first-order valence-electron chi connectivity index (χ1n) is 6.95. The number of hydrogen-bond donors (Lipinski definition) is 1. The van der Waals surface area contributed by atoms with Crippen LogP contribution in [0.4, 0.5) is 0 Å². The molecule has 4 nitrogen and oxygen atoms in total. The summed E-state index contributed by atoms with van der Waals surface area (Å²) in [6, 6.07) is 7.89. The van der Waals surface area contributed by atoms with Gasteiger partial charge < -0.3 is 15.4 Å². The molecule has 1 aliphatic rings. The van der Waals surface area contributed by atoms with Gasteiger partial charge in [-0.15, -0.1) is 24.2 Å². The predicted molar refractivity (Wildman–Crippen MR) is 89.4 cm³/mol. The van der Waals surface area contributed by atoms with Crippen LogP contribution in [0.15, 0.2) is 29.2 Å². The monoisotopic (exact) mass is 330 g/mol. The van der Waals surface area contributed by atoms with Crippen LogP contribution in [0, 0.1) is 0 Å². The summed E-state index contributed by atoms with van der Waals surface area (Å²) in [7, 11) is 0. The van der Waals surface area contributed by atoms with Gasteiger partial charge in [0.25, 0.3) is 5.91 Å². The number of thioether (sulfide) groups is 1. The summed E-state index contributed by atoms with van der Waals surface area (Å²) in [6.45, 7) is 3.22. The number of piperidine rings is 1. The molecule has 0 spiro atoms. The highest BCUT2D eigenvalue weighted by Gasteiger charge is 2.26. The van der Waals surface area contributed by atoms with E-state index in [0.717, 1.165) is 25.1 Å². The molecule has 1 aromatic rings. The first-order valence-corrected chi connectivity index (χ1v) is 8.17. The molecule has 21 heavy (non-hydrogen) atoms. The van der Waals surface area contributed by atoms with Crippen molar-refractivity contribution in [3.63, 3.8) is 0 Å². The molecular weight excluding hydrogens is 308 g/mol. The van der Waals surface area contributed by atoms with E-state index in [-0.39, 0.29) is 24.4 Å². The number of nitrogens with two attached hydrogens (primary N) is 1. The molecule has 1 aliphatic heterocycles. The van der Waals surface area contributed by atoms with Crippen LogP contribution in [0.2, 0.25) is 0 Å². The van der Waals surface area contributed by atoms with Crippen LogP contribution in [0.25, 0.3) is 0 Å². The lowest BCUT2D eigenvalue weighted by atomic mass is 10.1. The van der Waals surface area contributed by atoms with Crippen LogP contribution in [0.1, 0.15) is 19.8 Å². The number of nitrogens with zero attached hydrogens (tertiary/aromatic N) is 1. The Morgan fingerprint density at radius 3 is 2.67 bits per heavy atom. The predicted octanol–water partition coefficient (Wildman–Crippen LogP) is 2.55. The Labute approximate surface area is 136 Å². The number of rotatable bonds is 4. The molecule has 1 fully saturated rings. The van der Waals surface area contributed by atoms with Crippen molar-refractivity contribution in [2.24, 2.45) is 5.73 Å². The number of hydrogen-bond acceptors (Lipinski definition) is 4. The minimum absolute atomic E-state index is 0. The van der Waals surface area contributed by atoms with Gasteiger partial charge in [0.15, 0.2) is 6.10 Å². The molecule has 2 atom stereocenters. The SMILES string of the molecule is CSc1ccc(OC(C)C(=O)N2CCCC(N)C2)cc1.Cl. The van der Waals surface area contributed by atoms with Crippen molar-refractivity contribution in [1.29, 1.82) is 0 Å². The molecule has 1 saturated heterocycles. The van der Waals surface area contributed by atoms with Crippen LogP contribution >= 0.6 is 24.2 Å². The van der Waals surface area contributed by atoms with Crippen molar-refractivity contribution >= 4 is 30.1 Å². The van der Waals surface area contributed by atoms with Crippen molar-refractivity contribution in [2.75, 3.05) is 19.3 Å². The minimum Gasteiger partial charge on any atom is -0.481 e. The van der Waals surface area contributed by atoms with Crippen molar-refractivity contribution < 1.29 is 9.53 Å². The lowest BCUT2D eigenvalue weighted by Gasteiger charge is -2.32. The number of likely N-dealkylation sites (tertiary alicyclic amines) is 1. The van der Waals surface area contributed by atoms with Crippen molar-refractivity contribution in [3.05, 3.63) is 24.3 Å². The van der Waals surface area contributed by atoms with E-state index in [4.69, 9.17) is 10.5 Å². The molecule has 0 bridgehead atoms. The number of amides is 1. The van der Waals surface area contributed by atoms with E-state index in [0.29, 0.717) is 6.54 Å². The maximum absolute atomic E-state index is 12.3. The number of ether oxygens (including phenoxy) is 1. The van der Waals surface area contributed by atoms with E-state index in [9.17, 15) is 4.79 Å². The van der Waals surface area contributed by atoms with Crippen molar-refractivity contribution in [3.8, 4) is 5.75 Å². The Morgan fingerprint density at radius 2 is 2.10 bits per heavy atom. The largest absolute Gasteiger partial charge is 0.481 e. The summed E-state index contributed by atoms with van der Waals surface area (Å²) in [5, 5.41) is 0. The average molecular weight is 331 g/mol. The van der Waals surface area contributed by atoms with Gasteiger partial charge in [-0.2, -0.15) is 0 Å². The second kappa shape index (κ2) is 8.51. The first-order chi connectivity index (χ1) is 9.60. The standard InChI is InChI=1S/C15H22N2O2S.ClH/c1-11(15(18)17-9-3-4-12(16)10-17)19-13-5-7-14(20-2)8-6-13;/h5-8,11-12H,3-4,9-10,16H2,1-2H3;1H. The summed E-state index contributed by atoms with van der Waals surface area (Å²) >= 11 is 1.68. The fourth-order valence-electron chi connectivity index (χ4n) is 2.38. The normalized spacial score (nSPS) is 19.6. The van der Waals surface area contributed by atoms with E-state index in [1.54, 1.807) is 18.7 Å². The minimum atomic E-state index is -0.472. The quantitative estimate of drug-likeness (QED) is 0.862. The van der Waals surface area contributed by atoms with Gasteiger partial charge in [-0.1, -0.05) is 0 Å². The lowest BCUT2D eigenvalue weighted by Crippen LogP contribution is -2.49. The van der Waals surface area contributed by atoms with E-state index in [1.807, 2.05) is 35.4 Å². The third kappa shape index (κ3) is 5.09. The molecule has 0 saturated carbocycles. The molecular formula is C15H23ClN2O2S. The van der Waals surface area contributed by atoms with Gasteiger partial charge in [-0.3, -0.25) is 4.79 Å². The van der Waals surface area contributed by atoms with Crippen LogP contribution in [-0.2, 0) is 4.79 Å². The Kier molecular flexibility index (Phi) is 7.35. The van der Waals surface area contributed by atoms with Gasteiger partial charge in [-0.05, 0) is 50.3 Å². The van der Waals surface area contributed by atoms with Gasteiger partial charge >= 0.3 is 0 Å². The Morgan fingerprint density at radius 1 is 1.43 bits per heavy atom. The number of benzene rings is 1. The number of carbonyl (C=O) groups is 1. The topological polar surface area (TPSA) is 55.6 Å². The highest BCUT2D eigenvalue weighted by Crippen LogP contribution is 2.20. The fraction of sp³-hybridized carbons (Fsp3) is 0.533. The molecule has 1 amide bonds. The van der Waals surface area contributed by atoms with Gasteiger partial charge in [0.05, 0.1) is 0 Å². The molecule has 0 radical (unpaired) electrons. The summed E-state index contributed by atoms with van der Waals surface area (Å²) in [5.41, 5.74) is 5.91. The third-order valence-electron chi connectivity index (χ3n) is 3.49. The molecule has 1 aromatic carbocycles. The summed E-state index contributed by atoms with van der Waals surface area (Å²) in [5.74, 6) is 0.749. The van der Waals surface area contributed by atoms with Crippen molar-refractivity contribution in [1.82, 2.24) is 4.90 Å². The molecule has 0 aromatic heterocycles. The zero-order valence-electron chi connectivity index (χ0n) is 12.5. The average Bonchev–Trinajstić information content (AvgIpc) is 2.47. The van der Waals surface area contributed by atoms with E-state index in [2.05, 4.69) is 0 Å². The van der Waals surface area contributed by atoms with E-state index < -0.39 is 6.10 Å². The molecule has 2 rings (SSSR count). The first kappa shape index (κ1) is 18.1. The zero-order chi connectivity index (χ0) is 14.5. The third-order valence-corrected chi connectivity index (χ3v) is 4.23. The summed E-state index contributed by atoms with van der Waals surface area (Å²) in [4.78, 5) is 15.3. The van der Waals surface area contributed by atoms with Gasteiger partial charge in [-0.25, -0.2) is 0 Å². The van der Waals surface area contributed by atoms with E-state index >= 15 is 0 Å². The summed E-state index contributed by atoms with van der Waals surface area (Å²) < 4.78 is 5.72. The maximum atomic E-state index is 12.3. The van der Waals surface area contributed by atoms with Crippen LogP contribution < -0.4 is 10.5 Å². The molecule has 2 unspecified atom stereocenters. The maximum Gasteiger partial charge on any atom is 0.263 e. The zero-order valence-corrected chi connectivity index (χ0v) is 14.1. The second-order valence-corrected chi connectivity index (χ2v) is 6.00. The Hall–Kier alpha value is -0.910. The van der Waals surface area contributed by atoms with Gasteiger partial charge in [0, 0.05) is 24.0 Å². The molecule has 6 heteroatoms. The molecule has 118 valence electrons. The van der Waals surface area contributed by atoms with Crippen molar-refractivity contribution in [2.45, 2.75) is 36.8 Å². The molecule has 0 aliphatic carbocycles. The van der Waals surface area contributed by atoms with Gasteiger partial charge in [0.2, 0.25) is 0 Å². The highest BCUT2D eigenvalue weighted by molar-refractivity contribution is 7.98. The Balaban J connectivity index is 0.00000220. The van der Waals surface area contributed by atoms with Gasteiger partial charge in [0.1, 0.15) is 5.75 Å². The fourth-order valence-corrected chi connectivity index (χ4v) is 2.78. The highest BCUT2D eigenvalue weighted by atomic mass is 35.5. The molecule has 1 heterocycles. The van der Waals surface area contributed by atoms with Crippen LogP contribution in [-0.4, -0.2) is 42.3 Å². The van der Waals surface area contributed by atoms with E-state index in [1.165, 1.54) is 4.90 Å². The Bertz CT molecular complexity index is 455. The van der Waals surface area contributed by atoms with Crippen LogP contribution in [0.5, 0.6) is 5.75 Å². The number of halogens is 1. The molecule has 2 N–H and O–H groups in total. The van der Waals surface area contributed by atoms with Crippen LogP contribution in [0.3, 0.4) is 0 Å². The second-order valence-electron chi connectivity index (χ2n) is 5.12. The lowest BCUT2D eigenvalue weighted by molar-refractivity contribution is -0.139. The summed E-state index contributed by atoms with van der Waals surface area (Å²) in [6.07, 6.45) is 3.53.